The molecule has 0 saturated heterocycles. The number of hydrogen-bond donors (Lipinski definition) is 1. The summed E-state index contributed by atoms with van der Waals surface area (Å²) in [6.07, 6.45) is 11.2. The van der Waals surface area contributed by atoms with Crippen molar-refractivity contribution in [2.24, 2.45) is 5.92 Å². The Morgan fingerprint density at radius 2 is 2.25 bits per heavy atom. The molecular weight excluding hydrogens is 202 g/mol. The molecule has 0 unspecified atom stereocenters. The van der Waals surface area contributed by atoms with Crippen molar-refractivity contribution in [1.82, 2.24) is 9.97 Å². The van der Waals surface area contributed by atoms with Crippen molar-refractivity contribution >= 4 is 5.82 Å². The monoisotopic (exact) mass is 217 g/mol. The molecule has 2 rings (SSSR count). The van der Waals surface area contributed by atoms with Gasteiger partial charge in [-0.1, -0.05) is 5.92 Å². The van der Waals surface area contributed by atoms with Gasteiger partial charge >= 0.3 is 0 Å². The Morgan fingerprint density at radius 1 is 1.44 bits per heavy atom. The summed E-state index contributed by atoms with van der Waals surface area (Å²) in [6.45, 7) is 1.44. The van der Waals surface area contributed by atoms with Crippen LogP contribution < -0.4 is 4.90 Å². The Bertz CT molecular complexity index is 378. The van der Waals surface area contributed by atoms with Gasteiger partial charge < -0.3 is 10.0 Å². The van der Waals surface area contributed by atoms with Gasteiger partial charge in [0.2, 0.25) is 0 Å². The molecule has 16 heavy (non-hydrogen) atoms. The Kier molecular flexibility index (Phi) is 3.37. The lowest BCUT2D eigenvalue weighted by atomic mass is 10.3. The molecule has 1 N–H and O–H groups in total. The van der Waals surface area contributed by atoms with E-state index in [4.69, 9.17) is 11.5 Å². The van der Waals surface area contributed by atoms with Crippen LogP contribution in [0.3, 0.4) is 0 Å². The quantitative estimate of drug-likeness (QED) is 0.742. The maximum Gasteiger partial charge on any atom is 0.147 e. The topological polar surface area (TPSA) is 49.2 Å². The standard InChI is InChI=1S/C12H15N3O/c1-2-5-15(8-10-3-4-10)12-7-13-11(9-16)6-14-12/h1,6-7,10,16H,3-5,8-9H2. The van der Waals surface area contributed by atoms with E-state index in [1.807, 2.05) is 0 Å². The average molecular weight is 217 g/mol. The first-order chi connectivity index (χ1) is 7.83. The average Bonchev–Trinajstić information content (AvgIpc) is 3.13. The third kappa shape index (κ3) is 2.71. The van der Waals surface area contributed by atoms with E-state index < -0.39 is 0 Å². The number of hydrogen-bond acceptors (Lipinski definition) is 4. The first kappa shape index (κ1) is 10.9. The number of aliphatic hydroxyl groups is 1. The van der Waals surface area contributed by atoms with Crippen LogP contribution in [0.5, 0.6) is 0 Å². The molecule has 1 heterocycles. The number of aromatic nitrogens is 2. The molecule has 84 valence electrons. The summed E-state index contributed by atoms with van der Waals surface area (Å²) >= 11 is 0. The van der Waals surface area contributed by atoms with Crippen LogP contribution in [0.15, 0.2) is 12.4 Å². The van der Waals surface area contributed by atoms with E-state index >= 15 is 0 Å². The SMILES string of the molecule is C#CCN(CC1CC1)c1cnc(CO)cn1. The lowest BCUT2D eigenvalue weighted by Crippen LogP contribution is -2.27. The number of nitrogens with zero attached hydrogens (tertiary/aromatic N) is 3. The van der Waals surface area contributed by atoms with Crippen LogP contribution >= 0.6 is 0 Å². The molecule has 4 heteroatoms. The van der Waals surface area contributed by atoms with E-state index in [-0.39, 0.29) is 6.61 Å². The van der Waals surface area contributed by atoms with Crippen LogP contribution in [0.25, 0.3) is 0 Å². The van der Waals surface area contributed by atoms with Crippen LogP contribution in [-0.2, 0) is 6.61 Å². The summed E-state index contributed by atoms with van der Waals surface area (Å²) in [4.78, 5) is 10.4. The molecule has 4 nitrogen and oxygen atoms in total. The summed E-state index contributed by atoms with van der Waals surface area (Å²) in [5.41, 5.74) is 0.579. The van der Waals surface area contributed by atoms with Gasteiger partial charge in [0.15, 0.2) is 0 Å². The van der Waals surface area contributed by atoms with Crippen LogP contribution in [0.2, 0.25) is 0 Å². The molecule has 1 fully saturated rings. The second-order valence-electron chi connectivity index (χ2n) is 4.05. The van der Waals surface area contributed by atoms with Gasteiger partial charge in [-0.15, -0.1) is 6.42 Å². The molecule has 1 aromatic rings. The van der Waals surface area contributed by atoms with E-state index in [1.54, 1.807) is 12.4 Å². The third-order valence-corrected chi connectivity index (χ3v) is 2.64. The molecule has 1 aliphatic rings. The zero-order valence-electron chi connectivity index (χ0n) is 9.13. The molecule has 1 aliphatic carbocycles. The van der Waals surface area contributed by atoms with Gasteiger partial charge in [-0.3, -0.25) is 4.98 Å². The molecule has 0 radical (unpaired) electrons. The van der Waals surface area contributed by atoms with Gasteiger partial charge in [-0.05, 0) is 18.8 Å². The van der Waals surface area contributed by atoms with E-state index in [9.17, 15) is 0 Å². The molecular formula is C12H15N3O. The second-order valence-corrected chi connectivity index (χ2v) is 4.05. The van der Waals surface area contributed by atoms with Crippen molar-refractivity contribution in [3.63, 3.8) is 0 Å². The highest BCUT2D eigenvalue weighted by Crippen LogP contribution is 2.30. The van der Waals surface area contributed by atoms with Crippen molar-refractivity contribution in [2.75, 3.05) is 18.0 Å². The lowest BCUT2D eigenvalue weighted by Gasteiger charge is -2.20. The highest BCUT2D eigenvalue weighted by molar-refractivity contribution is 5.38. The molecule has 0 aromatic carbocycles. The largest absolute Gasteiger partial charge is 0.390 e. The summed E-state index contributed by atoms with van der Waals surface area (Å²) in [7, 11) is 0. The summed E-state index contributed by atoms with van der Waals surface area (Å²) < 4.78 is 0. The van der Waals surface area contributed by atoms with Gasteiger partial charge in [0.1, 0.15) is 5.82 Å². The fourth-order valence-corrected chi connectivity index (χ4v) is 1.55. The highest BCUT2D eigenvalue weighted by Gasteiger charge is 2.24. The summed E-state index contributed by atoms with van der Waals surface area (Å²) in [5.74, 6) is 4.19. The molecule has 1 aromatic heterocycles. The van der Waals surface area contributed by atoms with Gasteiger partial charge in [0.05, 0.1) is 31.2 Å². The van der Waals surface area contributed by atoms with Gasteiger partial charge in [-0.25, -0.2) is 4.98 Å². The zero-order valence-corrected chi connectivity index (χ0v) is 9.13. The molecule has 1 saturated carbocycles. The van der Waals surface area contributed by atoms with Gasteiger partial charge in [0, 0.05) is 6.54 Å². The molecule has 0 bridgehead atoms. The maximum absolute atomic E-state index is 8.88. The smallest absolute Gasteiger partial charge is 0.147 e. The van der Waals surface area contributed by atoms with Crippen molar-refractivity contribution in [3.8, 4) is 12.3 Å². The summed E-state index contributed by atoms with van der Waals surface area (Å²) in [5, 5.41) is 8.88. The second kappa shape index (κ2) is 4.95. The minimum absolute atomic E-state index is 0.0783. The van der Waals surface area contributed by atoms with E-state index in [0.29, 0.717) is 12.2 Å². The number of aliphatic hydroxyl groups excluding tert-OH is 1. The minimum Gasteiger partial charge on any atom is -0.390 e. The predicted molar refractivity (Wildman–Crippen MR) is 61.7 cm³/mol. The van der Waals surface area contributed by atoms with Crippen molar-refractivity contribution in [3.05, 3.63) is 18.1 Å². The van der Waals surface area contributed by atoms with E-state index in [0.717, 1.165) is 18.3 Å². The van der Waals surface area contributed by atoms with Gasteiger partial charge in [-0.2, -0.15) is 0 Å². The first-order valence-corrected chi connectivity index (χ1v) is 5.43. The third-order valence-electron chi connectivity index (χ3n) is 2.64. The molecule has 0 amide bonds. The highest BCUT2D eigenvalue weighted by atomic mass is 16.3. The molecule has 0 spiro atoms. The first-order valence-electron chi connectivity index (χ1n) is 5.43. The van der Waals surface area contributed by atoms with Crippen LogP contribution in [0.1, 0.15) is 18.5 Å². The zero-order chi connectivity index (χ0) is 11.4. The van der Waals surface area contributed by atoms with Crippen molar-refractivity contribution in [1.29, 1.82) is 0 Å². The number of anilines is 1. The van der Waals surface area contributed by atoms with Crippen LogP contribution in [0.4, 0.5) is 5.82 Å². The Balaban J connectivity index is 2.07. The number of terminal acetylenes is 1. The normalized spacial score (nSPS) is 14.5. The lowest BCUT2D eigenvalue weighted by molar-refractivity contribution is 0.276. The minimum atomic E-state index is -0.0783. The predicted octanol–water partition coefficient (Wildman–Crippen LogP) is 0.819. The van der Waals surface area contributed by atoms with E-state index in [2.05, 4.69) is 20.8 Å². The van der Waals surface area contributed by atoms with Gasteiger partial charge in [0.25, 0.3) is 0 Å². The molecule has 0 aliphatic heterocycles. The number of rotatable bonds is 5. The maximum atomic E-state index is 8.88. The summed E-state index contributed by atoms with van der Waals surface area (Å²) in [6, 6.07) is 0. The van der Waals surface area contributed by atoms with Crippen LogP contribution in [0, 0.1) is 18.3 Å². The fraction of sp³-hybridized carbons (Fsp3) is 0.500. The van der Waals surface area contributed by atoms with Crippen molar-refractivity contribution < 1.29 is 5.11 Å². The van der Waals surface area contributed by atoms with E-state index in [1.165, 1.54) is 12.8 Å². The molecule has 0 atom stereocenters. The Hall–Kier alpha value is -1.60. The Labute approximate surface area is 95.3 Å². The van der Waals surface area contributed by atoms with Crippen molar-refractivity contribution in [2.45, 2.75) is 19.4 Å². The Morgan fingerprint density at radius 3 is 2.75 bits per heavy atom. The van der Waals surface area contributed by atoms with Crippen LogP contribution in [-0.4, -0.2) is 28.2 Å². The fourth-order valence-electron chi connectivity index (χ4n) is 1.55.